The minimum atomic E-state index is -0.912. The molecule has 0 saturated carbocycles. The minimum Gasteiger partial charge on any atom is -0.307 e. The molecular formula is C20H14ClF2N3O3S2. The Hall–Kier alpha value is -2.82. The van der Waals surface area contributed by atoms with Gasteiger partial charge in [-0.3, -0.25) is 14.3 Å². The first-order chi connectivity index (χ1) is 14.7. The number of fused-ring (bicyclic) bond motifs is 1. The minimum absolute atomic E-state index is 0.00432. The Morgan fingerprint density at radius 2 is 1.87 bits per heavy atom. The Labute approximate surface area is 189 Å². The number of benzene rings is 2. The van der Waals surface area contributed by atoms with Gasteiger partial charge >= 0.3 is 6.03 Å². The van der Waals surface area contributed by atoms with Gasteiger partial charge in [-0.05, 0) is 47.8 Å². The molecule has 6 nitrogen and oxygen atoms in total. The van der Waals surface area contributed by atoms with Crippen LogP contribution >= 0.6 is 35.3 Å². The van der Waals surface area contributed by atoms with Gasteiger partial charge in [0.1, 0.15) is 11.6 Å². The molecule has 2 aromatic carbocycles. The van der Waals surface area contributed by atoms with Crippen molar-refractivity contribution in [2.45, 2.75) is 6.42 Å². The second-order valence-corrected chi connectivity index (χ2v) is 9.20. The Kier molecular flexibility index (Phi) is 7.04. The molecule has 3 rings (SSSR count). The number of amides is 4. The lowest BCUT2D eigenvalue weighted by Gasteiger charge is -2.27. The standard InChI is InChI=1S/C20H14ClF2N3O3S2/c1-10(21)30-11(2)31-25-20(29)24-14-5-6-17(16(23)9-14)26-18(27)7-12-3-4-13(22)8-15(12)19(26)28/h3-6,8-9H,1-2,7H2,(H2,24,25,29). The number of carbonyl (C=O) groups excluding carboxylic acids is 3. The van der Waals surface area contributed by atoms with Crippen molar-refractivity contribution in [2.75, 3.05) is 10.2 Å². The largest absolute Gasteiger partial charge is 0.329 e. The summed E-state index contributed by atoms with van der Waals surface area (Å²) >= 11 is 7.58. The van der Waals surface area contributed by atoms with Crippen LogP contribution in [0.4, 0.5) is 25.0 Å². The van der Waals surface area contributed by atoms with Gasteiger partial charge in [-0.15, -0.1) is 0 Å². The highest BCUT2D eigenvalue weighted by Crippen LogP contribution is 2.32. The quantitative estimate of drug-likeness (QED) is 0.428. The fourth-order valence-electron chi connectivity index (χ4n) is 2.79. The van der Waals surface area contributed by atoms with Gasteiger partial charge in [0.05, 0.1) is 20.7 Å². The monoisotopic (exact) mass is 481 g/mol. The van der Waals surface area contributed by atoms with E-state index in [1.165, 1.54) is 18.2 Å². The summed E-state index contributed by atoms with van der Waals surface area (Å²) in [6.07, 6.45) is -0.170. The first-order valence-corrected chi connectivity index (χ1v) is 10.6. The average molecular weight is 482 g/mol. The van der Waals surface area contributed by atoms with Gasteiger partial charge in [0, 0.05) is 11.3 Å². The predicted molar refractivity (Wildman–Crippen MR) is 120 cm³/mol. The van der Waals surface area contributed by atoms with E-state index in [4.69, 9.17) is 11.6 Å². The smallest absolute Gasteiger partial charge is 0.307 e. The van der Waals surface area contributed by atoms with Gasteiger partial charge in [0.15, 0.2) is 0 Å². The molecule has 1 aliphatic heterocycles. The Morgan fingerprint density at radius 3 is 2.55 bits per heavy atom. The van der Waals surface area contributed by atoms with E-state index in [0.29, 0.717) is 14.7 Å². The lowest BCUT2D eigenvalue weighted by atomic mass is 9.97. The molecule has 2 aromatic rings. The maximum atomic E-state index is 14.7. The molecule has 0 fully saturated rings. The number of anilines is 2. The summed E-state index contributed by atoms with van der Waals surface area (Å²) < 4.78 is 31.4. The first-order valence-electron chi connectivity index (χ1n) is 8.56. The highest BCUT2D eigenvalue weighted by molar-refractivity contribution is 8.24. The van der Waals surface area contributed by atoms with Gasteiger partial charge in [0.2, 0.25) is 5.91 Å². The molecule has 31 heavy (non-hydrogen) atoms. The molecule has 0 saturated heterocycles. The zero-order valence-corrected chi connectivity index (χ0v) is 18.1. The molecule has 4 amide bonds. The zero-order valence-electron chi connectivity index (χ0n) is 15.7. The second kappa shape index (κ2) is 9.54. The molecule has 2 N–H and O–H groups in total. The topological polar surface area (TPSA) is 78.5 Å². The molecule has 0 bridgehead atoms. The number of halogens is 3. The molecule has 1 heterocycles. The number of thioether (sulfide) groups is 1. The van der Waals surface area contributed by atoms with Gasteiger partial charge in [-0.25, -0.2) is 18.5 Å². The van der Waals surface area contributed by atoms with Crippen LogP contribution in [0, 0.1) is 11.6 Å². The molecule has 1 aliphatic rings. The van der Waals surface area contributed by atoms with E-state index in [-0.39, 0.29) is 27.7 Å². The molecular weight excluding hydrogens is 468 g/mol. The van der Waals surface area contributed by atoms with Crippen molar-refractivity contribution in [3.05, 3.63) is 80.9 Å². The fourth-order valence-corrected chi connectivity index (χ4v) is 4.31. The number of hydrogen-bond donors (Lipinski definition) is 2. The molecule has 0 aliphatic carbocycles. The third-order valence-corrected chi connectivity index (χ3v) is 5.72. The Balaban J connectivity index is 1.73. The van der Waals surface area contributed by atoms with Gasteiger partial charge in [0.25, 0.3) is 5.91 Å². The van der Waals surface area contributed by atoms with Crippen molar-refractivity contribution < 1.29 is 23.2 Å². The van der Waals surface area contributed by atoms with Crippen molar-refractivity contribution in [1.29, 1.82) is 0 Å². The molecule has 0 atom stereocenters. The maximum Gasteiger partial charge on any atom is 0.329 e. The highest BCUT2D eigenvalue weighted by atomic mass is 35.5. The van der Waals surface area contributed by atoms with Crippen molar-refractivity contribution in [2.24, 2.45) is 0 Å². The second-order valence-electron chi connectivity index (χ2n) is 6.17. The van der Waals surface area contributed by atoms with Crippen LogP contribution < -0.4 is 14.9 Å². The lowest BCUT2D eigenvalue weighted by Crippen LogP contribution is -2.43. The van der Waals surface area contributed by atoms with Gasteiger partial charge < -0.3 is 5.32 Å². The summed E-state index contributed by atoms with van der Waals surface area (Å²) in [6.45, 7) is 7.16. The fraction of sp³-hybridized carbons (Fsp3) is 0.0500. The summed E-state index contributed by atoms with van der Waals surface area (Å²) in [6, 6.07) is 6.34. The van der Waals surface area contributed by atoms with Crippen molar-refractivity contribution >= 4 is 64.5 Å². The number of urea groups is 1. The van der Waals surface area contributed by atoms with E-state index in [2.05, 4.69) is 23.2 Å². The van der Waals surface area contributed by atoms with Crippen molar-refractivity contribution in [3.8, 4) is 0 Å². The molecule has 0 spiro atoms. The van der Waals surface area contributed by atoms with Crippen LogP contribution in [0.3, 0.4) is 0 Å². The van der Waals surface area contributed by atoms with E-state index >= 15 is 0 Å². The molecule has 0 aromatic heterocycles. The molecule has 11 heteroatoms. The molecule has 160 valence electrons. The SMILES string of the molecule is C=C(Cl)SC(=C)SNC(=O)Nc1ccc(N2C(=O)Cc3ccc(F)cc3C2=O)c(F)c1. The van der Waals surface area contributed by atoms with E-state index < -0.39 is 29.5 Å². The van der Waals surface area contributed by atoms with Crippen LogP contribution in [-0.4, -0.2) is 17.8 Å². The molecule has 0 radical (unpaired) electrons. The van der Waals surface area contributed by atoms with E-state index in [0.717, 1.165) is 41.9 Å². The summed E-state index contributed by atoms with van der Waals surface area (Å²) in [5, 5.41) is 2.41. The van der Waals surface area contributed by atoms with Crippen LogP contribution in [-0.2, 0) is 11.2 Å². The first kappa shape index (κ1) is 22.9. The summed E-state index contributed by atoms with van der Waals surface area (Å²) in [4.78, 5) is 37.7. The van der Waals surface area contributed by atoms with E-state index in [1.807, 2.05) is 0 Å². The highest BCUT2D eigenvalue weighted by Gasteiger charge is 2.34. The average Bonchev–Trinajstić information content (AvgIpc) is 2.68. The summed E-state index contributed by atoms with van der Waals surface area (Å²) in [5.41, 5.74) is 0.159. The number of hydrogen-bond acceptors (Lipinski definition) is 5. The van der Waals surface area contributed by atoms with Crippen molar-refractivity contribution in [1.82, 2.24) is 4.72 Å². The third kappa shape index (κ3) is 5.46. The summed E-state index contributed by atoms with van der Waals surface area (Å²) in [5.74, 6) is -3.02. The van der Waals surface area contributed by atoms with Gasteiger partial charge in [-0.2, -0.15) is 0 Å². The number of carbonyl (C=O) groups is 3. The Bertz CT molecular complexity index is 1130. The number of nitrogens with one attached hydrogen (secondary N) is 2. The summed E-state index contributed by atoms with van der Waals surface area (Å²) in [7, 11) is 0. The van der Waals surface area contributed by atoms with Crippen LogP contribution in [0.15, 0.2) is 58.2 Å². The number of rotatable bonds is 6. The lowest BCUT2D eigenvalue weighted by molar-refractivity contribution is -0.117. The van der Waals surface area contributed by atoms with Crippen LogP contribution in [0.5, 0.6) is 0 Å². The third-order valence-electron chi connectivity index (χ3n) is 4.03. The van der Waals surface area contributed by atoms with E-state index in [1.54, 1.807) is 0 Å². The van der Waals surface area contributed by atoms with Crippen molar-refractivity contribution in [3.63, 3.8) is 0 Å². The number of nitrogens with zero attached hydrogens (tertiary/aromatic N) is 1. The van der Waals surface area contributed by atoms with Crippen LogP contribution in [0.2, 0.25) is 0 Å². The molecule has 0 unspecified atom stereocenters. The Morgan fingerprint density at radius 1 is 1.13 bits per heavy atom. The van der Waals surface area contributed by atoms with Gasteiger partial charge in [-0.1, -0.05) is 42.6 Å². The van der Waals surface area contributed by atoms with E-state index in [9.17, 15) is 23.2 Å². The number of imide groups is 1. The van der Waals surface area contributed by atoms with Crippen LogP contribution in [0.1, 0.15) is 15.9 Å². The normalized spacial score (nSPS) is 12.9. The predicted octanol–water partition coefficient (Wildman–Crippen LogP) is 5.38. The zero-order chi connectivity index (χ0) is 22.7. The maximum absolute atomic E-state index is 14.7. The van der Waals surface area contributed by atoms with Crippen LogP contribution in [0.25, 0.3) is 0 Å².